The number of carbonyl (C=O) groups is 1. The van der Waals surface area contributed by atoms with Gasteiger partial charge < -0.3 is 4.90 Å². The van der Waals surface area contributed by atoms with Gasteiger partial charge in [-0.05, 0) is 42.3 Å². The molecule has 0 aliphatic rings. The number of rotatable bonds is 7. The van der Waals surface area contributed by atoms with E-state index in [4.69, 9.17) is 0 Å². The van der Waals surface area contributed by atoms with Crippen molar-refractivity contribution < 1.29 is 9.72 Å². The van der Waals surface area contributed by atoms with Crippen LogP contribution in [0.5, 0.6) is 0 Å². The number of nitrogens with zero attached hydrogens (tertiary/aromatic N) is 2. The van der Waals surface area contributed by atoms with Crippen molar-refractivity contribution in [3.63, 3.8) is 0 Å². The van der Waals surface area contributed by atoms with E-state index in [2.05, 4.69) is 22.9 Å². The van der Waals surface area contributed by atoms with Crippen LogP contribution in [0.25, 0.3) is 0 Å². The first-order valence-electron chi connectivity index (χ1n) is 7.13. The van der Waals surface area contributed by atoms with E-state index in [1.54, 1.807) is 11.0 Å². The zero-order valence-electron chi connectivity index (χ0n) is 12.6. The van der Waals surface area contributed by atoms with Gasteiger partial charge in [-0.15, -0.1) is 0 Å². The van der Waals surface area contributed by atoms with E-state index in [0.29, 0.717) is 16.6 Å². The van der Waals surface area contributed by atoms with Crippen LogP contribution in [0.1, 0.15) is 50.4 Å². The number of nitro groups is 1. The van der Waals surface area contributed by atoms with E-state index >= 15 is 0 Å². The van der Waals surface area contributed by atoms with Gasteiger partial charge in [0.05, 0.1) is 10.5 Å². The van der Waals surface area contributed by atoms with Gasteiger partial charge >= 0.3 is 0 Å². The third-order valence-electron chi connectivity index (χ3n) is 3.28. The van der Waals surface area contributed by atoms with E-state index in [9.17, 15) is 14.9 Å². The Labute approximate surface area is 133 Å². The van der Waals surface area contributed by atoms with Gasteiger partial charge in [0.1, 0.15) is 0 Å². The Bertz CT molecular complexity index is 518. The van der Waals surface area contributed by atoms with Crippen LogP contribution >= 0.6 is 15.9 Å². The number of hydrogen-bond donors (Lipinski definition) is 0. The monoisotopic (exact) mass is 356 g/mol. The van der Waals surface area contributed by atoms with Crippen LogP contribution in [0.15, 0.2) is 22.7 Å². The number of halogens is 1. The number of nitro benzene ring substituents is 1. The molecule has 1 aromatic rings. The van der Waals surface area contributed by atoms with Crippen molar-refractivity contribution in [1.29, 1.82) is 0 Å². The van der Waals surface area contributed by atoms with Crippen LogP contribution in [-0.4, -0.2) is 28.3 Å². The fraction of sp³-hybridized carbons (Fsp3) is 0.533. The molecule has 0 spiro atoms. The highest BCUT2D eigenvalue weighted by Crippen LogP contribution is 2.24. The predicted octanol–water partition coefficient (Wildman–Crippen LogP) is 4.40. The van der Waals surface area contributed by atoms with E-state index in [0.717, 1.165) is 19.3 Å². The summed E-state index contributed by atoms with van der Waals surface area (Å²) in [6.07, 6.45) is 3.08. The lowest BCUT2D eigenvalue weighted by molar-refractivity contribution is -0.384. The van der Waals surface area contributed by atoms with Gasteiger partial charge in [-0.2, -0.15) is 0 Å². The first kappa shape index (κ1) is 17.6. The van der Waals surface area contributed by atoms with Crippen molar-refractivity contribution >= 4 is 27.5 Å². The number of benzene rings is 1. The fourth-order valence-corrected chi connectivity index (χ4v) is 2.49. The topological polar surface area (TPSA) is 63.5 Å². The third-order valence-corrected chi connectivity index (χ3v) is 3.97. The molecule has 0 saturated carbocycles. The predicted molar refractivity (Wildman–Crippen MR) is 86.5 cm³/mol. The zero-order valence-corrected chi connectivity index (χ0v) is 14.2. The smallest absolute Gasteiger partial charge is 0.270 e. The summed E-state index contributed by atoms with van der Waals surface area (Å²) in [5, 5.41) is 10.9. The molecule has 0 saturated heterocycles. The second kappa shape index (κ2) is 8.12. The summed E-state index contributed by atoms with van der Waals surface area (Å²) in [6, 6.07) is 4.33. The summed E-state index contributed by atoms with van der Waals surface area (Å²) in [5.41, 5.74) is 0.271. The van der Waals surface area contributed by atoms with Gasteiger partial charge in [0.15, 0.2) is 0 Å². The maximum atomic E-state index is 12.6. The molecule has 0 atom stereocenters. The number of unbranched alkanes of at least 4 members (excludes halogenated alkanes) is 2. The Morgan fingerprint density at radius 3 is 2.57 bits per heavy atom. The molecule has 0 aliphatic carbocycles. The maximum Gasteiger partial charge on any atom is 0.270 e. The molecule has 0 bridgehead atoms. The minimum atomic E-state index is -0.486. The Morgan fingerprint density at radius 2 is 2.05 bits per heavy atom. The van der Waals surface area contributed by atoms with Crippen LogP contribution in [-0.2, 0) is 0 Å². The van der Waals surface area contributed by atoms with Crippen LogP contribution in [0.2, 0.25) is 0 Å². The lowest BCUT2D eigenvalue weighted by Crippen LogP contribution is -2.38. The van der Waals surface area contributed by atoms with Gasteiger partial charge in [-0.3, -0.25) is 14.9 Å². The molecule has 0 aromatic heterocycles. The minimum absolute atomic E-state index is 0.0560. The molecule has 0 heterocycles. The molecule has 1 aromatic carbocycles. The Balaban J connectivity index is 3.02. The van der Waals surface area contributed by atoms with Gasteiger partial charge in [0, 0.05) is 29.2 Å². The first-order chi connectivity index (χ1) is 9.88. The molecule has 0 radical (unpaired) electrons. The van der Waals surface area contributed by atoms with Crippen LogP contribution in [0, 0.1) is 10.1 Å². The van der Waals surface area contributed by atoms with Crippen LogP contribution < -0.4 is 0 Å². The number of amides is 1. The molecule has 6 heteroatoms. The van der Waals surface area contributed by atoms with Crippen molar-refractivity contribution in [2.75, 3.05) is 6.54 Å². The van der Waals surface area contributed by atoms with Crippen LogP contribution in [0.4, 0.5) is 5.69 Å². The maximum absolute atomic E-state index is 12.6. The largest absolute Gasteiger partial charge is 0.336 e. The van der Waals surface area contributed by atoms with Gasteiger partial charge in [0.2, 0.25) is 0 Å². The van der Waals surface area contributed by atoms with Crippen molar-refractivity contribution in [1.82, 2.24) is 4.90 Å². The third kappa shape index (κ3) is 4.81. The second-order valence-corrected chi connectivity index (χ2v) is 6.07. The van der Waals surface area contributed by atoms with Crippen molar-refractivity contribution in [3.8, 4) is 0 Å². The van der Waals surface area contributed by atoms with Crippen LogP contribution in [0.3, 0.4) is 0 Å². The Hall–Kier alpha value is -1.43. The molecule has 0 N–H and O–H groups in total. The number of carbonyl (C=O) groups excluding carboxylic acids is 1. The molecule has 1 amide bonds. The average Bonchev–Trinajstić information content (AvgIpc) is 2.42. The molecule has 5 nitrogen and oxygen atoms in total. The lowest BCUT2D eigenvalue weighted by Gasteiger charge is -2.27. The summed E-state index contributed by atoms with van der Waals surface area (Å²) in [7, 11) is 0. The average molecular weight is 357 g/mol. The second-order valence-electron chi connectivity index (χ2n) is 5.22. The molecular formula is C15H21BrN2O3. The van der Waals surface area contributed by atoms with Crippen molar-refractivity contribution in [2.45, 2.75) is 46.1 Å². The number of hydrogen-bond acceptors (Lipinski definition) is 3. The van der Waals surface area contributed by atoms with Crippen molar-refractivity contribution in [3.05, 3.63) is 38.3 Å². The SMILES string of the molecule is CCCCCN(C(=O)c1cc([N+](=O)[O-])ccc1Br)C(C)C. The van der Waals surface area contributed by atoms with E-state index < -0.39 is 4.92 Å². The lowest BCUT2D eigenvalue weighted by atomic mass is 10.1. The van der Waals surface area contributed by atoms with Gasteiger partial charge in [-0.25, -0.2) is 0 Å². The summed E-state index contributed by atoms with van der Waals surface area (Å²) >= 11 is 3.31. The quantitative estimate of drug-likeness (QED) is 0.413. The Kier molecular flexibility index (Phi) is 6.81. The van der Waals surface area contributed by atoms with E-state index in [1.807, 2.05) is 13.8 Å². The van der Waals surface area contributed by atoms with E-state index in [-0.39, 0.29) is 17.6 Å². The molecule has 0 unspecified atom stereocenters. The van der Waals surface area contributed by atoms with Gasteiger partial charge in [-0.1, -0.05) is 19.8 Å². The molecule has 21 heavy (non-hydrogen) atoms. The summed E-state index contributed by atoms with van der Waals surface area (Å²) in [6.45, 7) is 6.68. The molecule has 0 fully saturated rings. The number of non-ortho nitro benzene ring substituents is 1. The normalized spacial score (nSPS) is 10.7. The fourth-order valence-electron chi connectivity index (χ4n) is 2.07. The van der Waals surface area contributed by atoms with E-state index in [1.165, 1.54) is 12.1 Å². The minimum Gasteiger partial charge on any atom is -0.336 e. The molecule has 1 rings (SSSR count). The highest BCUT2D eigenvalue weighted by Gasteiger charge is 2.22. The highest BCUT2D eigenvalue weighted by atomic mass is 79.9. The standard InChI is InChI=1S/C15H21BrN2O3/c1-4-5-6-9-17(11(2)3)15(19)13-10-12(18(20)21)7-8-14(13)16/h7-8,10-11H,4-6,9H2,1-3H3. The summed E-state index contributed by atoms with van der Waals surface area (Å²) in [4.78, 5) is 24.8. The van der Waals surface area contributed by atoms with Crippen molar-refractivity contribution in [2.24, 2.45) is 0 Å². The first-order valence-corrected chi connectivity index (χ1v) is 7.92. The zero-order chi connectivity index (χ0) is 16.0. The van der Waals surface area contributed by atoms with Gasteiger partial charge in [0.25, 0.3) is 11.6 Å². The molecular weight excluding hydrogens is 336 g/mol. The summed E-state index contributed by atoms with van der Waals surface area (Å²) in [5.74, 6) is -0.170. The molecule has 0 aliphatic heterocycles. The highest BCUT2D eigenvalue weighted by molar-refractivity contribution is 9.10. The summed E-state index contributed by atoms with van der Waals surface area (Å²) < 4.78 is 0.583. The Morgan fingerprint density at radius 1 is 1.38 bits per heavy atom. The molecule has 116 valence electrons.